The van der Waals surface area contributed by atoms with Gasteiger partial charge >= 0.3 is 0 Å². The molecule has 2 N–H and O–H groups in total. The van der Waals surface area contributed by atoms with Crippen LogP contribution in [0.2, 0.25) is 0 Å². The summed E-state index contributed by atoms with van der Waals surface area (Å²) in [4.78, 5) is 12.7. The molecular formula is C13H21NO2S. The Morgan fingerprint density at radius 1 is 1.47 bits per heavy atom. The maximum Gasteiger partial charge on any atom is 0.220 e. The van der Waals surface area contributed by atoms with Gasteiger partial charge in [-0.3, -0.25) is 4.79 Å². The Kier molecular flexibility index (Phi) is 6.89. The molecule has 0 aliphatic carbocycles. The molecule has 4 heteroatoms. The zero-order chi connectivity index (χ0) is 12.5. The number of aryl methyl sites for hydroxylation is 1. The maximum atomic E-state index is 11.3. The fourth-order valence-electron chi connectivity index (χ4n) is 1.57. The predicted octanol–water partition coefficient (Wildman–Crippen LogP) is 2.35. The first-order valence-electron chi connectivity index (χ1n) is 6.15. The second-order valence-electron chi connectivity index (χ2n) is 4.29. The van der Waals surface area contributed by atoms with E-state index >= 15 is 0 Å². The number of hydrogen-bond donors (Lipinski definition) is 2. The molecule has 0 radical (unpaired) electrons. The topological polar surface area (TPSA) is 49.3 Å². The van der Waals surface area contributed by atoms with E-state index in [1.807, 2.05) is 0 Å². The van der Waals surface area contributed by atoms with Crippen LogP contribution < -0.4 is 5.32 Å². The molecule has 1 amide bonds. The van der Waals surface area contributed by atoms with E-state index in [4.69, 9.17) is 5.11 Å². The Hall–Kier alpha value is -0.870. The van der Waals surface area contributed by atoms with E-state index in [0.717, 1.165) is 25.7 Å². The smallest absolute Gasteiger partial charge is 0.220 e. The molecule has 1 atom stereocenters. The van der Waals surface area contributed by atoms with E-state index < -0.39 is 6.10 Å². The molecule has 96 valence electrons. The molecule has 0 spiro atoms. The number of thiophene rings is 1. The van der Waals surface area contributed by atoms with Crippen molar-refractivity contribution in [3.8, 4) is 0 Å². The van der Waals surface area contributed by atoms with Crippen LogP contribution in [0.25, 0.3) is 0 Å². The minimum Gasteiger partial charge on any atom is -0.392 e. The van der Waals surface area contributed by atoms with Gasteiger partial charge in [0.15, 0.2) is 0 Å². The highest BCUT2D eigenvalue weighted by atomic mass is 32.1. The van der Waals surface area contributed by atoms with Crippen LogP contribution in [0.15, 0.2) is 17.5 Å². The van der Waals surface area contributed by atoms with Gasteiger partial charge in [0.2, 0.25) is 5.91 Å². The summed E-state index contributed by atoms with van der Waals surface area (Å²) in [7, 11) is 0. The summed E-state index contributed by atoms with van der Waals surface area (Å²) in [5.41, 5.74) is 0. The largest absolute Gasteiger partial charge is 0.392 e. The van der Waals surface area contributed by atoms with Crippen LogP contribution in [-0.4, -0.2) is 23.7 Å². The molecule has 0 saturated carbocycles. The Labute approximate surface area is 107 Å². The number of hydrogen-bond acceptors (Lipinski definition) is 3. The second kappa shape index (κ2) is 8.25. The summed E-state index contributed by atoms with van der Waals surface area (Å²) >= 11 is 1.79. The standard InChI is InChI=1S/C13H21NO2S/c1-11(15)10-14-13(16)8-4-2-3-6-12-7-5-9-17-12/h5,7,9,11,15H,2-4,6,8,10H2,1H3,(H,14,16). The molecule has 1 aromatic heterocycles. The zero-order valence-electron chi connectivity index (χ0n) is 10.3. The lowest BCUT2D eigenvalue weighted by molar-refractivity contribution is -0.121. The van der Waals surface area contributed by atoms with Crippen LogP contribution in [0.4, 0.5) is 0 Å². The lowest BCUT2D eigenvalue weighted by atomic mass is 10.1. The quantitative estimate of drug-likeness (QED) is 0.701. The molecule has 0 aromatic carbocycles. The lowest BCUT2D eigenvalue weighted by Crippen LogP contribution is -2.30. The molecule has 1 unspecified atom stereocenters. The molecule has 0 fully saturated rings. The number of aliphatic hydroxyl groups is 1. The first-order valence-corrected chi connectivity index (χ1v) is 7.03. The average Bonchev–Trinajstić information content (AvgIpc) is 2.79. The van der Waals surface area contributed by atoms with Crippen LogP contribution >= 0.6 is 11.3 Å². The van der Waals surface area contributed by atoms with Crippen molar-refractivity contribution in [2.75, 3.05) is 6.54 Å². The molecule has 0 saturated heterocycles. The van der Waals surface area contributed by atoms with Crippen LogP contribution in [0.3, 0.4) is 0 Å². The molecule has 0 bridgehead atoms. The Bertz CT molecular complexity index is 309. The van der Waals surface area contributed by atoms with E-state index in [1.54, 1.807) is 18.3 Å². The second-order valence-corrected chi connectivity index (χ2v) is 5.33. The zero-order valence-corrected chi connectivity index (χ0v) is 11.1. The lowest BCUT2D eigenvalue weighted by Gasteiger charge is -2.06. The van der Waals surface area contributed by atoms with Crippen molar-refractivity contribution in [2.24, 2.45) is 0 Å². The fourth-order valence-corrected chi connectivity index (χ4v) is 2.32. The van der Waals surface area contributed by atoms with Gasteiger partial charge in [-0.15, -0.1) is 11.3 Å². The molecule has 1 rings (SSSR count). The highest BCUT2D eigenvalue weighted by Crippen LogP contribution is 2.13. The van der Waals surface area contributed by atoms with E-state index in [9.17, 15) is 4.79 Å². The van der Waals surface area contributed by atoms with Crippen molar-refractivity contribution in [3.63, 3.8) is 0 Å². The number of aliphatic hydroxyl groups excluding tert-OH is 1. The third-order valence-corrected chi connectivity index (χ3v) is 3.44. The summed E-state index contributed by atoms with van der Waals surface area (Å²) in [5.74, 6) is 0.0435. The van der Waals surface area contributed by atoms with Gasteiger partial charge < -0.3 is 10.4 Å². The van der Waals surface area contributed by atoms with Crippen LogP contribution in [0, 0.1) is 0 Å². The Morgan fingerprint density at radius 3 is 2.94 bits per heavy atom. The maximum absolute atomic E-state index is 11.3. The van der Waals surface area contributed by atoms with Crippen molar-refractivity contribution in [1.82, 2.24) is 5.32 Å². The van der Waals surface area contributed by atoms with Gasteiger partial charge in [0.1, 0.15) is 0 Å². The Morgan fingerprint density at radius 2 is 2.29 bits per heavy atom. The molecular weight excluding hydrogens is 234 g/mol. The Balaban J connectivity index is 1.95. The SMILES string of the molecule is CC(O)CNC(=O)CCCCCc1cccs1. The molecule has 17 heavy (non-hydrogen) atoms. The minimum absolute atomic E-state index is 0.0435. The third-order valence-electron chi connectivity index (χ3n) is 2.50. The minimum atomic E-state index is -0.460. The highest BCUT2D eigenvalue weighted by molar-refractivity contribution is 7.09. The van der Waals surface area contributed by atoms with Gasteiger partial charge in [-0.1, -0.05) is 12.5 Å². The van der Waals surface area contributed by atoms with E-state index in [-0.39, 0.29) is 5.91 Å². The number of nitrogens with one attached hydrogen (secondary N) is 1. The van der Waals surface area contributed by atoms with Gasteiger partial charge in [0, 0.05) is 17.8 Å². The number of unbranched alkanes of at least 4 members (excludes halogenated alkanes) is 2. The van der Waals surface area contributed by atoms with Crippen molar-refractivity contribution in [1.29, 1.82) is 0 Å². The molecule has 0 aliphatic rings. The number of carbonyl (C=O) groups is 1. The monoisotopic (exact) mass is 255 g/mol. The van der Waals surface area contributed by atoms with Gasteiger partial charge in [-0.2, -0.15) is 0 Å². The summed E-state index contributed by atoms with van der Waals surface area (Å²) < 4.78 is 0. The summed E-state index contributed by atoms with van der Waals surface area (Å²) in [6, 6.07) is 4.23. The van der Waals surface area contributed by atoms with E-state index in [0.29, 0.717) is 13.0 Å². The highest BCUT2D eigenvalue weighted by Gasteiger charge is 2.02. The molecule has 1 aromatic rings. The van der Waals surface area contributed by atoms with Crippen molar-refractivity contribution < 1.29 is 9.90 Å². The third kappa shape index (κ3) is 7.13. The van der Waals surface area contributed by atoms with Crippen molar-refractivity contribution in [3.05, 3.63) is 22.4 Å². The van der Waals surface area contributed by atoms with Crippen molar-refractivity contribution in [2.45, 2.75) is 45.1 Å². The number of amides is 1. The van der Waals surface area contributed by atoms with Gasteiger partial charge in [-0.25, -0.2) is 0 Å². The fraction of sp³-hybridized carbons (Fsp3) is 0.615. The molecule has 1 heterocycles. The van der Waals surface area contributed by atoms with Crippen LogP contribution in [0.1, 0.15) is 37.5 Å². The van der Waals surface area contributed by atoms with Gasteiger partial charge in [-0.05, 0) is 37.6 Å². The average molecular weight is 255 g/mol. The van der Waals surface area contributed by atoms with Gasteiger partial charge in [0.05, 0.1) is 6.10 Å². The van der Waals surface area contributed by atoms with E-state index in [1.165, 1.54) is 4.88 Å². The van der Waals surface area contributed by atoms with Crippen molar-refractivity contribution >= 4 is 17.2 Å². The van der Waals surface area contributed by atoms with Crippen LogP contribution in [0.5, 0.6) is 0 Å². The predicted molar refractivity (Wildman–Crippen MR) is 71.2 cm³/mol. The number of rotatable bonds is 8. The summed E-state index contributed by atoms with van der Waals surface area (Å²) in [6.07, 6.45) is 4.38. The van der Waals surface area contributed by atoms with E-state index in [2.05, 4.69) is 22.8 Å². The number of carbonyl (C=O) groups excluding carboxylic acids is 1. The van der Waals surface area contributed by atoms with Crippen LogP contribution in [-0.2, 0) is 11.2 Å². The first-order chi connectivity index (χ1) is 8.18. The van der Waals surface area contributed by atoms with Gasteiger partial charge in [0.25, 0.3) is 0 Å². The molecule has 0 aliphatic heterocycles. The first kappa shape index (κ1) is 14.2. The summed E-state index contributed by atoms with van der Waals surface area (Å²) in [5, 5.41) is 13.8. The normalized spacial score (nSPS) is 12.4. The summed E-state index contributed by atoms with van der Waals surface area (Å²) in [6.45, 7) is 2.02. The molecule has 3 nitrogen and oxygen atoms in total.